The van der Waals surface area contributed by atoms with E-state index in [1.54, 1.807) is 0 Å². The van der Waals surface area contributed by atoms with Crippen LogP contribution in [0.3, 0.4) is 0 Å². The first-order chi connectivity index (χ1) is 19.8. The third kappa shape index (κ3) is 7.58. The summed E-state index contributed by atoms with van der Waals surface area (Å²) >= 11 is 0. The van der Waals surface area contributed by atoms with Gasteiger partial charge in [-0.05, 0) is 23.1 Å². The Kier molecular flexibility index (Phi) is 9.97. The minimum Gasteiger partial charge on any atom is -0.329 e. The minimum atomic E-state index is 0.193. The van der Waals surface area contributed by atoms with E-state index in [1.165, 1.54) is 42.4 Å². The lowest BCUT2D eigenvalue weighted by atomic mass is 10.0. The van der Waals surface area contributed by atoms with E-state index in [0.29, 0.717) is 0 Å². The van der Waals surface area contributed by atoms with Gasteiger partial charge in [-0.25, -0.2) is 4.98 Å². The van der Waals surface area contributed by atoms with Crippen molar-refractivity contribution in [3.63, 3.8) is 0 Å². The second kappa shape index (κ2) is 14.4. The Balaban J connectivity index is 1.57. The Morgan fingerprint density at radius 2 is 1.15 bits per heavy atom. The molecule has 204 valence electrons. The summed E-state index contributed by atoms with van der Waals surface area (Å²) < 4.78 is 2.41. The molecule has 1 aromatic heterocycles. The molecule has 4 aromatic carbocycles. The number of unbranched alkanes of at least 4 members (excludes halogenated alkanes) is 3. The van der Waals surface area contributed by atoms with E-state index in [1.807, 2.05) is 0 Å². The lowest BCUT2D eigenvalue weighted by Crippen LogP contribution is -2.30. The van der Waals surface area contributed by atoms with Crippen LogP contribution in [0, 0.1) is 0 Å². The summed E-state index contributed by atoms with van der Waals surface area (Å²) in [7, 11) is 0. The Morgan fingerprint density at radius 1 is 0.625 bits per heavy atom. The first-order valence-electron chi connectivity index (χ1n) is 14.8. The van der Waals surface area contributed by atoms with Crippen molar-refractivity contribution in [2.45, 2.75) is 64.7 Å². The van der Waals surface area contributed by atoms with Crippen LogP contribution in [0.2, 0.25) is 0 Å². The summed E-state index contributed by atoms with van der Waals surface area (Å²) in [4.78, 5) is 8.05. The van der Waals surface area contributed by atoms with Crippen LogP contribution >= 0.6 is 0 Å². The van der Waals surface area contributed by atoms with E-state index in [4.69, 9.17) is 4.98 Å². The zero-order valence-electron chi connectivity index (χ0n) is 23.7. The molecule has 0 radical (unpaired) electrons. The SMILES string of the molecule is CCCCCC[C@H](c1nc(-c2ccccc2)cn1Cc1ccccc1)N(Cc1ccccc1)Cc1ccccc1. The first-order valence-corrected chi connectivity index (χ1v) is 14.8. The molecule has 0 fully saturated rings. The van der Waals surface area contributed by atoms with Crippen LogP contribution in [0.1, 0.15) is 67.6 Å². The van der Waals surface area contributed by atoms with Gasteiger partial charge in [-0.15, -0.1) is 0 Å². The Morgan fingerprint density at radius 3 is 1.70 bits per heavy atom. The molecule has 0 N–H and O–H groups in total. The van der Waals surface area contributed by atoms with Gasteiger partial charge in [0.05, 0.1) is 11.7 Å². The number of aromatic nitrogens is 2. The number of rotatable bonds is 14. The molecule has 0 aliphatic rings. The zero-order valence-corrected chi connectivity index (χ0v) is 23.7. The van der Waals surface area contributed by atoms with Crippen LogP contribution in [0.15, 0.2) is 128 Å². The number of benzene rings is 4. The smallest absolute Gasteiger partial charge is 0.127 e. The van der Waals surface area contributed by atoms with Crippen LogP contribution in [-0.4, -0.2) is 14.5 Å². The molecule has 0 saturated carbocycles. The summed E-state index contributed by atoms with van der Waals surface area (Å²) in [5, 5.41) is 0. The van der Waals surface area contributed by atoms with Crippen LogP contribution in [0.4, 0.5) is 0 Å². The molecule has 0 aliphatic heterocycles. The van der Waals surface area contributed by atoms with E-state index in [0.717, 1.165) is 43.1 Å². The number of imidazole rings is 1. The van der Waals surface area contributed by atoms with Gasteiger partial charge in [0.25, 0.3) is 0 Å². The highest BCUT2D eigenvalue weighted by Crippen LogP contribution is 2.32. The average Bonchev–Trinajstić information content (AvgIpc) is 3.42. The molecule has 40 heavy (non-hydrogen) atoms. The molecule has 0 bridgehead atoms. The van der Waals surface area contributed by atoms with E-state index < -0.39 is 0 Å². The van der Waals surface area contributed by atoms with Gasteiger partial charge in [-0.3, -0.25) is 4.90 Å². The molecule has 0 unspecified atom stereocenters. The number of nitrogens with zero attached hydrogens (tertiary/aromatic N) is 3. The molecule has 1 atom stereocenters. The zero-order chi connectivity index (χ0) is 27.4. The van der Waals surface area contributed by atoms with Crippen molar-refractivity contribution in [2.24, 2.45) is 0 Å². The standard InChI is InChI=1S/C37H41N3/c1-2-3-4-17-26-36(39(27-31-18-9-5-10-19-31)28-32-20-11-6-12-21-32)37-38-35(34-24-15-8-16-25-34)30-40(37)29-33-22-13-7-14-23-33/h5-16,18-25,30,36H,2-4,17,26-29H2,1H3/t36-/m1/s1. The normalized spacial score (nSPS) is 12.1. The fraction of sp³-hybridized carbons (Fsp3) is 0.270. The van der Waals surface area contributed by atoms with Gasteiger partial charge >= 0.3 is 0 Å². The van der Waals surface area contributed by atoms with Crippen molar-refractivity contribution in [3.05, 3.63) is 150 Å². The average molecular weight is 528 g/mol. The summed E-state index contributed by atoms with van der Waals surface area (Å²) in [5.74, 6) is 1.16. The quantitative estimate of drug-likeness (QED) is 0.134. The number of hydrogen-bond donors (Lipinski definition) is 0. The van der Waals surface area contributed by atoms with Gasteiger partial charge in [-0.2, -0.15) is 0 Å². The Labute approximate surface area is 240 Å². The number of hydrogen-bond acceptors (Lipinski definition) is 2. The lowest BCUT2D eigenvalue weighted by Gasteiger charge is -2.32. The molecule has 0 saturated heterocycles. The molecule has 5 aromatic rings. The Bertz CT molecular complexity index is 1350. The summed E-state index contributed by atoms with van der Waals surface area (Å²) in [6.45, 7) is 4.86. The molecule has 3 nitrogen and oxygen atoms in total. The van der Waals surface area contributed by atoms with Crippen LogP contribution in [0.25, 0.3) is 11.3 Å². The molecule has 5 rings (SSSR count). The predicted molar refractivity (Wildman–Crippen MR) is 167 cm³/mol. The summed E-state index contributed by atoms with van der Waals surface area (Å²) in [6, 6.07) is 43.4. The molecule has 0 aliphatic carbocycles. The molecule has 0 spiro atoms. The topological polar surface area (TPSA) is 21.1 Å². The van der Waals surface area contributed by atoms with E-state index in [2.05, 4.69) is 144 Å². The second-order valence-corrected chi connectivity index (χ2v) is 10.7. The molecule has 1 heterocycles. The third-order valence-corrected chi connectivity index (χ3v) is 7.60. The third-order valence-electron chi connectivity index (χ3n) is 7.60. The van der Waals surface area contributed by atoms with Crippen LogP contribution in [0.5, 0.6) is 0 Å². The highest BCUT2D eigenvalue weighted by atomic mass is 15.2. The predicted octanol–water partition coefficient (Wildman–Crippen LogP) is 9.31. The van der Waals surface area contributed by atoms with Gasteiger partial charge in [0.1, 0.15) is 5.82 Å². The van der Waals surface area contributed by atoms with E-state index in [9.17, 15) is 0 Å². The van der Waals surface area contributed by atoms with Crippen molar-refractivity contribution in [3.8, 4) is 11.3 Å². The van der Waals surface area contributed by atoms with Gasteiger partial charge < -0.3 is 4.57 Å². The van der Waals surface area contributed by atoms with Crippen molar-refractivity contribution in [1.29, 1.82) is 0 Å². The fourth-order valence-corrected chi connectivity index (χ4v) is 5.50. The highest BCUT2D eigenvalue weighted by Gasteiger charge is 2.26. The van der Waals surface area contributed by atoms with Crippen molar-refractivity contribution < 1.29 is 0 Å². The van der Waals surface area contributed by atoms with Crippen molar-refractivity contribution in [1.82, 2.24) is 14.5 Å². The van der Waals surface area contributed by atoms with Crippen LogP contribution in [-0.2, 0) is 19.6 Å². The van der Waals surface area contributed by atoms with Gasteiger partial charge in [0.15, 0.2) is 0 Å². The molecule has 3 heteroatoms. The highest BCUT2D eigenvalue weighted by molar-refractivity contribution is 5.58. The van der Waals surface area contributed by atoms with Crippen molar-refractivity contribution in [2.75, 3.05) is 0 Å². The minimum absolute atomic E-state index is 0.193. The van der Waals surface area contributed by atoms with Gasteiger partial charge in [0.2, 0.25) is 0 Å². The first kappa shape index (κ1) is 27.6. The molecular weight excluding hydrogens is 486 g/mol. The molecule has 0 amide bonds. The Hall–Kier alpha value is -3.95. The van der Waals surface area contributed by atoms with Crippen LogP contribution < -0.4 is 0 Å². The van der Waals surface area contributed by atoms with Gasteiger partial charge in [-0.1, -0.05) is 154 Å². The maximum Gasteiger partial charge on any atom is 0.127 e. The van der Waals surface area contributed by atoms with Gasteiger partial charge in [0, 0.05) is 31.4 Å². The fourth-order valence-electron chi connectivity index (χ4n) is 5.50. The lowest BCUT2D eigenvalue weighted by molar-refractivity contribution is 0.155. The second-order valence-electron chi connectivity index (χ2n) is 10.7. The molecular formula is C37H41N3. The maximum absolute atomic E-state index is 5.40. The van der Waals surface area contributed by atoms with E-state index >= 15 is 0 Å². The van der Waals surface area contributed by atoms with E-state index in [-0.39, 0.29) is 6.04 Å². The summed E-state index contributed by atoms with van der Waals surface area (Å²) in [5.41, 5.74) is 6.17. The maximum atomic E-state index is 5.40. The largest absolute Gasteiger partial charge is 0.329 e. The summed E-state index contributed by atoms with van der Waals surface area (Å²) in [6.07, 6.45) is 8.31. The monoisotopic (exact) mass is 527 g/mol. The van der Waals surface area contributed by atoms with Crippen molar-refractivity contribution >= 4 is 0 Å².